The van der Waals surface area contributed by atoms with E-state index in [0.29, 0.717) is 16.8 Å². The summed E-state index contributed by atoms with van der Waals surface area (Å²) in [6, 6.07) is 1.42. The molecule has 0 saturated heterocycles. The number of aromatic nitrogens is 1. The van der Waals surface area contributed by atoms with Gasteiger partial charge in [0, 0.05) is 44.2 Å². The lowest BCUT2D eigenvalue weighted by molar-refractivity contribution is -0.108. The molecule has 0 atom stereocenters. The molecule has 1 aliphatic carbocycles. The van der Waals surface area contributed by atoms with E-state index in [2.05, 4.69) is 11.6 Å². The number of carbonyl (C=O) groups excluding carboxylic acids is 1. The fourth-order valence-corrected chi connectivity index (χ4v) is 3.53. The molecule has 2 bridgehead atoms. The first-order valence-corrected chi connectivity index (χ1v) is 8.58. The van der Waals surface area contributed by atoms with Crippen molar-refractivity contribution in [3.63, 3.8) is 0 Å². The van der Waals surface area contributed by atoms with Gasteiger partial charge in [-0.25, -0.2) is 14.2 Å². The van der Waals surface area contributed by atoms with Gasteiger partial charge in [0.15, 0.2) is 0 Å². The summed E-state index contributed by atoms with van der Waals surface area (Å²) in [7, 11) is 2.98. The molecule has 3 aliphatic rings. The van der Waals surface area contributed by atoms with Gasteiger partial charge in [0.1, 0.15) is 22.8 Å². The first-order valence-electron chi connectivity index (χ1n) is 8.58. The number of alkyl halides is 1. The summed E-state index contributed by atoms with van der Waals surface area (Å²) in [5, 5.41) is 0. The number of rotatable bonds is 4. The Hall–Kier alpha value is -1.99. The summed E-state index contributed by atoms with van der Waals surface area (Å²) >= 11 is 0. The third-order valence-corrected chi connectivity index (χ3v) is 4.72. The molecule has 1 amide bonds. The Balaban J connectivity index is 2.11. The molecule has 1 aromatic rings. The number of amides is 1. The van der Waals surface area contributed by atoms with Gasteiger partial charge in [-0.15, -0.1) is 0 Å². The van der Waals surface area contributed by atoms with Crippen molar-refractivity contribution >= 4 is 18.0 Å². The van der Waals surface area contributed by atoms with Gasteiger partial charge in [0.05, 0.1) is 0 Å². The van der Waals surface area contributed by atoms with Gasteiger partial charge in [-0.1, -0.05) is 12.7 Å². The van der Waals surface area contributed by atoms with Crippen LogP contribution in [0.4, 0.5) is 15.0 Å². The van der Waals surface area contributed by atoms with Gasteiger partial charge in [-0.3, -0.25) is 4.90 Å². The van der Waals surface area contributed by atoms with E-state index in [-0.39, 0.29) is 24.7 Å². The topological polar surface area (TPSA) is 60.9 Å². The number of ether oxygens (including phenoxy) is 3. The van der Waals surface area contributed by atoms with Crippen molar-refractivity contribution in [2.75, 3.05) is 19.1 Å². The molecule has 0 unspecified atom stereocenters. The molecule has 3 heterocycles. The average molecular weight is 364 g/mol. The van der Waals surface area contributed by atoms with Crippen LogP contribution < -0.4 is 4.90 Å². The fourth-order valence-electron chi connectivity index (χ4n) is 3.53. The molecule has 1 fully saturated rings. The van der Waals surface area contributed by atoms with E-state index in [1.54, 1.807) is 32.9 Å². The Morgan fingerprint density at radius 1 is 1.42 bits per heavy atom. The highest BCUT2D eigenvalue weighted by Crippen LogP contribution is 2.56. The van der Waals surface area contributed by atoms with Crippen LogP contribution in [0.3, 0.4) is 0 Å². The summed E-state index contributed by atoms with van der Waals surface area (Å²) in [4.78, 5) is 18.8. The van der Waals surface area contributed by atoms with Gasteiger partial charge in [-0.05, 0) is 26.8 Å². The van der Waals surface area contributed by atoms with Crippen LogP contribution in [0.25, 0.3) is 6.08 Å². The van der Waals surface area contributed by atoms with Crippen LogP contribution in [0.5, 0.6) is 0 Å². The summed E-state index contributed by atoms with van der Waals surface area (Å²) < 4.78 is 31.3. The number of hydrogen-bond acceptors (Lipinski definition) is 5. The van der Waals surface area contributed by atoms with E-state index in [1.807, 2.05) is 0 Å². The van der Waals surface area contributed by atoms with E-state index in [9.17, 15) is 4.79 Å². The van der Waals surface area contributed by atoms with Crippen molar-refractivity contribution in [2.24, 2.45) is 0 Å². The number of halogens is 1. The monoisotopic (exact) mass is 364 g/mol. The molecule has 0 spiro atoms. The fraction of sp³-hybridized carbons (Fsp3) is 0.579. The number of pyridine rings is 1. The zero-order valence-electron chi connectivity index (χ0n) is 15.8. The highest BCUT2D eigenvalue weighted by atomic mass is 19.1. The van der Waals surface area contributed by atoms with Crippen LogP contribution in [-0.2, 0) is 19.9 Å². The molecule has 0 radical (unpaired) electrons. The highest BCUT2D eigenvalue weighted by Gasteiger charge is 2.58. The number of hydrogen-bond donors (Lipinski definition) is 0. The van der Waals surface area contributed by atoms with Crippen LogP contribution in [-0.4, -0.2) is 36.9 Å². The second-order valence-electron chi connectivity index (χ2n) is 7.72. The summed E-state index contributed by atoms with van der Waals surface area (Å²) in [5.41, 5.74) is -0.685. The predicted octanol–water partition coefficient (Wildman–Crippen LogP) is 4.10. The first-order chi connectivity index (χ1) is 12.1. The largest absolute Gasteiger partial charge is 0.443 e. The molecular weight excluding hydrogens is 339 g/mol. The number of carbonyl (C=O) groups is 1. The molecule has 4 rings (SSSR count). The lowest BCUT2D eigenvalue weighted by atomic mass is 9.68. The summed E-state index contributed by atoms with van der Waals surface area (Å²) in [6.07, 6.45) is 0.799. The van der Waals surface area contributed by atoms with E-state index >= 15 is 4.39 Å². The minimum absolute atomic E-state index is 0.245. The quantitative estimate of drug-likeness (QED) is 0.753. The summed E-state index contributed by atoms with van der Waals surface area (Å²) in [6.45, 7) is 9.16. The van der Waals surface area contributed by atoms with Gasteiger partial charge < -0.3 is 14.2 Å². The van der Waals surface area contributed by atoms with Gasteiger partial charge in [-0.2, -0.15) is 0 Å². The molecular formula is C19H25FN2O4. The van der Waals surface area contributed by atoms with E-state index in [0.717, 1.165) is 0 Å². The lowest BCUT2D eigenvalue weighted by Crippen LogP contribution is -2.59. The number of nitrogens with zero attached hydrogens (tertiary/aromatic N) is 2. The van der Waals surface area contributed by atoms with Crippen LogP contribution in [0.1, 0.15) is 56.7 Å². The third kappa shape index (κ3) is 2.99. The molecule has 1 saturated carbocycles. The van der Waals surface area contributed by atoms with E-state index in [4.69, 9.17) is 14.2 Å². The SMILES string of the molecule is C=Cc1cc2c(nc1C(OC)OC)N(C(=O)OC(C)(C)C)C1CC2(F)C1. The zero-order valence-corrected chi connectivity index (χ0v) is 15.8. The van der Waals surface area contributed by atoms with Gasteiger partial charge >= 0.3 is 6.09 Å². The molecule has 7 heteroatoms. The van der Waals surface area contributed by atoms with Crippen molar-refractivity contribution in [2.45, 2.75) is 57.2 Å². The average Bonchev–Trinajstić information content (AvgIpc) is 2.52. The molecule has 2 aliphatic heterocycles. The molecule has 142 valence electrons. The van der Waals surface area contributed by atoms with Gasteiger partial charge in [0.2, 0.25) is 6.29 Å². The smallest absolute Gasteiger partial charge is 0.416 e. The Labute approximate surface area is 152 Å². The Bertz CT molecular complexity index is 734. The first kappa shape index (κ1) is 18.8. The molecule has 6 nitrogen and oxygen atoms in total. The number of methoxy groups -OCH3 is 2. The minimum Gasteiger partial charge on any atom is -0.443 e. The van der Waals surface area contributed by atoms with Crippen molar-refractivity contribution in [1.29, 1.82) is 0 Å². The Morgan fingerprint density at radius 3 is 2.54 bits per heavy atom. The second-order valence-corrected chi connectivity index (χ2v) is 7.72. The number of anilines is 1. The normalized spacial score (nSPS) is 24.1. The lowest BCUT2D eigenvalue weighted by Gasteiger charge is -2.52. The van der Waals surface area contributed by atoms with Crippen molar-refractivity contribution in [3.8, 4) is 0 Å². The third-order valence-electron chi connectivity index (χ3n) is 4.72. The van der Waals surface area contributed by atoms with Crippen LogP contribution in [0.15, 0.2) is 12.6 Å². The van der Waals surface area contributed by atoms with E-state index < -0.39 is 23.7 Å². The Kier molecular flexibility index (Phi) is 4.56. The molecule has 0 aromatic carbocycles. The maximum absolute atomic E-state index is 15.2. The maximum Gasteiger partial charge on any atom is 0.416 e. The van der Waals surface area contributed by atoms with Crippen LogP contribution in [0, 0.1) is 0 Å². The van der Waals surface area contributed by atoms with E-state index in [1.165, 1.54) is 19.1 Å². The minimum atomic E-state index is -1.47. The maximum atomic E-state index is 15.2. The second kappa shape index (κ2) is 6.32. The highest BCUT2D eigenvalue weighted by molar-refractivity contribution is 5.90. The standard InChI is InChI=1S/C19H25FN2O4/c1-7-11-8-13-15(21-14(11)16(24-5)25-6)22(12-9-19(13,20)10-12)17(23)26-18(2,3)4/h7-8,12,16H,1,9-10H2,2-6H3. The van der Waals surface area contributed by atoms with Crippen LogP contribution in [0.2, 0.25) is 0 Å². The Morgan fingerprint density at radius 2 is 2.04 bits per heavy atom. The van der Waals surface area contributed by atoms with Crippen LogP contribution >= 0.6 is 0 Å². The van der Waals surface area contributed by atoms with Crippen molar-refractivity contribution in [3.05, 3.63) is 29.5 Å². The molecule has 26 heavy (non-hydrogen) atoms. The zero-order chi connectivity index (χ0) is 19.3. The summed E-state index contributed by atoms with van der Waals surface area (Å²) in [5.74, 6) is 0.268. The van der Waals surface area contributed by atoms with Crippen molar-refractivity contribution in [1.82, 2.24) is 4.98 Å². The van der Waals surface area contributed by atoms with Crippen molar-refractivity contribution < 1.29 is 23.4 Å². The molecule has 1 aromatic heterocycles. The molecule has 0 N–H and O–H groups in total. The predicted molar refractivity (Wildman–Crippen MR) is 95.6 cm³/mol. The van der Waals surface area contributed by atoms with Gasteiger partial charge in [0.25, 0.3) is 0 Å².